The standard InChI is InChI=1S/C24H21ClN2O4S/c25-15-6-7-20(31-12-21(28)29)18(10-15)22-23-19(26-13-32-23)8-9-27(22)24(30)17-11-16(17)14-4-2-1-3-5-14/h1-7,10,13,16-17,22H,8-9,11-12H2,(H,28,29)/t16-,17+,22-/m1/s1. The number of carboxylic acid groups (broad SMARTS) is 1. The second kappa shape index (κ2) is 8.56. The van der Waals surface area contributed by atoms with E-state index in [1.807, 2.05) is 23.1 Å². The molecule has 8 heteroatoms. The molecule has 32 heavy (non-hydrogen) atoms. The highest BCUT2D eigenvalue weighted by Gasteiger charge is 2.48. The summed E-state index contributed by atoms with van der Waals surface area (Å²) in [7, 11) is 0. The molecule has 0 saturated heterocycles. The first-order valence-electron chi connectivity index (χ1n) is 10.4. The molecule has 3 atom stereocenters. The van der Waals surface area contributed by atoms with Gasteiger partial charge in [0.05, 0.1) is 22.1 Å². The lowest BCUT2D eigenvalue weighted by Gasteiger charge is -2.36. The van der Waals surface area contributed by atoms with Gasteiger partial charge in [-0.15, -0.1) is 11.3 Å². The molecule has 6 nitrogen and oxygen atoms in total. The fraction of sp³-hybridized carbons (Fsp3) is 0.292. The Bertz CT molecular complexity index is 1170. The number of fused-ring (bicyclic) bond motifs is 1. The third kappa shape index (κ3) is 3.98. The van der Waals surface area contributed by atoms with Crippen LogP contribution in [0.3, 0.4) is 0 Å². The number of halogens is 1. The monoisotopic (exact) mass is 468 g/mol. The molecule has 0 bridgehead atoms. The molecule has 2 aliphatic rings. The van der Waals surface area contributed by atoms with Crippen molar-refractivity contribution in [2.45, 2.75) is 24.8 Å². The summed E-state index contributed by atoms with van der Waals surface area (Å²) in [6, 6.07) is 14.8. The summed E-state index contributed by atoms with van der Waals surface area (Å²) in [5.74, 6) is -0.376. The predicted molar refractivity (Wildman–Crippen MR) is 121 cm³/mol. The zero-order valence-corrected chi connectivity index (χ0v) is 18.7. The van der Waals surface area contributed by atoms with E-state index in [-0.39, 0.29) is 17.7 Å². The number of rotatable bonds is 6. The van der Waals surface area contributed by atoms with Crippen molar-refractivity contribution in [3.63, 3.8) is 0 Å². The second-order valence-electron chi connectivity index (χ2n) is 8.07. The fourth-order valence-corrected chi connectivity index (χ4v) is 5.63. The quantitative estimate of drug-likeness (QED) is 0.574. The number of aromatic nitrogens is 1. The summed E-state index contributed by atoms with van der Waals surface area (Å²) in [5.41, 5.74) is 4.63. The van der Waals surface area contributed by atoms with E-state index in [1.165, 1.54) is 16.9 Å². The van der Waals surface area contributed by atoms with Gasteiger partial charge in [-0.2, -0.15) is 0 Å². The van der Waals surface area contributed by atoms with Gasteiger partial charge in [0.25, 0.3) is 0 Å². The molecule has 1 fully saturated rings. The third-order valence-corrected chi connectivity index (χ3v) is 7.22. The minimum Gasteiger partial charge on any atom is -0.482 e. The van der Waals surface area contributed by atoms with Crippen LogP contribution in [0.1, 0.15) is 40.1 Å². The van der Waals surface area contributed by atoms with Crippen LogP contribution in [0, 0.1) is 5.92 Å². The molecule has 164 valence electrons. The van der Waals surface area contributed by atoms with Crippen LogP contribution < -0.4 is 4.74 Å². The largest absolute Gasteiger partial charge is 0.482 e. The topological polar surface area (TPSA) is 79.7 Å². The highest BCUT2D eigenvalue weighted by Crippen LogP contribution is 2.51. The first-order valence-corrected chi connectivity index (χ1v) is 11.7. The highest BCUT2D eigenvalue weighted by atomic mass is 35.5. The van der Waals surface area contributed by atoms with Gasteiger partial charge >= 0.3 is 5.97 Å². The van der Waals surface area contributed by atoms with Crippen LogP contribution >= 0.6 is 22.9 Å². The number of hydrogen-bond donors (Lipinski definition) is 1. The molecule has 1 saturated carbocycles. The maximum Gasteiger partial charge on any atom is 0.341 e. The Morgan fingerprint density at radius 1 is 1.22 bits per heavy atom. The first kappa shape index (κ1) is 21.0. The Hall–Kier alpha value is -2.90. The smallest absolute Gasteiger partial charge is 0.341 e. The van der Waals surface area contributed by atoms with Gasteiger partial charge in [0.2, 0.25) is 5.91 Å². The number of benzene rings is 2. The molecular formula is C24H21ClN2O4S. The van der Waals surface area contributed by atoms with Gasteiger partial charge in [-0.05, 0) is 36.1 Å². The number of carbonyl (C=O) groups is 2. The van der Waals surface area contributed by atoms with Crippen LogP contribution in [0.4, 0.5) is 0 Å². The maximum absolute atomic E-state index is 13.7. The van der Waals surface area contributed by atoms with E-state index in [1.54, 1.807) is 23.7 Å². The fourth-order valence-electron chi connectivity index (χ4n) is 4.49. The van der Waals surface area contributed by atoms with Crippen LogP contribution in [-0.2, 0) is 16.0 Å². The molecule has 3 aromatic rings. The van der Waals surface area contributed by atoms with E-state index in [2.05, 4.69) is 17.1 Å². The van der Waals surface area contributed by atoms with Crippen molar-refractivity contribution in [2.75, 3.05) is 13.2 Å². The summed E-state index contributed by atoms with van der Waals surface area (Å²) in [5, 5.41) is 9.59. The van der Waals surface area contributed by atoms with E-state index < -0.39 is 18.6 Å². The Balaban J connectivity index is 1.50. The van der Waals surface area contributed by atoms with E-state index in [0.717, 1.165) is 17.0 Å². The van der Waals surface area contributed by atoms with E-state index in [4.69, 9.17) is 21.4 Å². The van der Waals surface area contributed by atoms with Crippen LogP contribution in [0.15, 0.2) is 54.0 Å². The SMILES string of the molecule is O=C(O)COc1ccc(Cl)cc1[C@@H]1c2scnc2CCN1C(=O)[C@H]1C[C@@H]1c1ccccc1. The van der Waals surface area contributed by atoms with E-state index >= 15 is 0 Å². The van der Waals surface area contributed by atoms with Gasteiger partial charge in [-0.1, -0.05) is 41.9 Å². The van der Waals surface area contributed by atoms with Gasteiger partial charge < -0.3 is 14.7 Å². The number of carbonyl (C=O) groups excluding carboxylic acids is 1. The molecule has 0 spiro atoms. The molecule has 1 N–H and O–H groups in total. The lowest BCUT2D eigenvalue weighted by Crippen LogP contribution is -2.41. The molecule has 0 unspecified atom stereocenters. The van der Waals surface area contributed by atoms with Crippen molar-refractivity contribution in [1.29, 1.82) is 0 Å². The number of thiazole rings is 1. The zero-order chi connectivity index (χ0) is 22.2. The van der Waals surface area contributed by atoms with Crippen LogP contribution in [0.5, 0.6) is 5.75 Å². The number of amides is 1. The predicted octanol–water partition coefficient (Wildman–Crippen LogP) is 4.54. The molecular weight excluding hydrogens is 448 g/mol. The molecule has 0 radical (unpaired) electrons. The number of carboxylic acids is 1. The van der Waals surface area contributed by atoms with Gasteiger partial charge in [0.1, 0.15) is 5.75 Å². The Morgan fingerprint density at radius 3 is 2.81 bits per heavy atom. The maximum atomic E-state index is 13.7. The summed E-state index contributed by atoms with van der Waals surface area (Å²) in [6.07, 6.45) is 1.52. The average Bonchev–Trinajstić information content (AvgIpc) is 3.46. The summed E-state index contributed by atoms with van der Waals surface area (Å²) >= 11 is 7.82. The van der Waals surface area contributed by atoms with Crippen molar-refractivity contribution in [3.05, 3.63) is 80.8 Å². The normalized spacial score (nSPS) is 21.7. The Labute approximate surface area is 194 Å². The molecule has 1 amide bonds. The van der Waals surface area contributed by atoms with Gasteiger partial charge in [0, 0.05) is 29.5 Å². The van der Waals surface area contributed by atoms with Crippen molar-refractivity contribution >= 4 is 34.8 Å². The molecule has 2 aromatic carbocycles. The van der Waals surface area contributed by atoms with Crippen molar-refractivity contribution in [1.82, 2.24) is 9.88 Å². The molecule has 5 rings (SSSR count). The second-order valence-corrected chi connectivity index (χ2v) is 9.39. The van der Waals surface area contributed by atoms with E-state index in [0.29, 0.717) is 29.3 Å². The van der Waals surface area contributed by atoms with Gasteiger partial charge in [-0.25, -0.2) is 9.78 Å². The van der Waals surface area contributed by atoms with Gasteiger partial charge in [-0.3, -0.25) is 4.79 Å². The van der Waals surface area contributed by atoms with Crippen LogP contribution in [-0.4, -0.2) is 40.0 Å². The third-order valence-electron chi connectivity index (χ3n) is 6.06. The average molecular weight is 469 g/mol. The summed E-state index contributed by atoms with van der Waals surface area (Å²) in [6.45, 7) is 0.0761. The lowest BCUT2D eigenvalue weighted by atomic mass is 9.95. The molecule has 1 aromatic heterocycles. The minimum atomic E-state index is -1.07. The van der Waals surface area contributed by atoms with Gasteiger partial charge in [0.15, 0.2) is 6.61 Å². The molecule has 2 heterocycles. The number of hydrogen-bond acceptors (Lipinski definition) is 5. The number of aliphatic carboxylic acids is 1. The van der Waals surface area contributed by atoms with Crippen molar-refractivity contribution < 1.29 is 19.4 Å². The summed E-state index contributed by atoms with van der Waals surface area (Å²) in [4.78, 5) is 32.1. The zero-order valence-electron chi connectivity index (χ0n) is 17.1. The highest BCUT2D eigenvalue weighted by molar-refractivity contribution is 7.09. The Kier molecular flexibility index (Phi) is 5.61. The van der Waals surface area contributed by atoms with E-state index in [9.17, 15) is 9.59 Å². The molecule has 1 aliphatic carbocycles. The number of ether oxygens (including phenoxy) is 1. The first-order chi connectivity index (χ1) is 15.5. The lowest BCUT2D eigenvalue weighted by molar-refractivity contribution is -0.139. The number of nitrogens with zero attached hydrogens (tertiary/aromatic N) is 2. The minimum absolute atomic E-state index is 0.0584. The van der Waals surface area contributed by atoms with Crippen molar-refractivity contribution in [2.24, 2.45) is 5.92 Å². The van der Waals surface area contributed by atoms with Crippen molar-refractivity contribution in [3.8, 4) is 5.75 Å². The van der Waals surface area contributed by atoms with Crippen LogP contribution in [0.2, 0.25) is 5.02 Å². The molecule has 1 aliphatic heterocycles. The van der Waals surface area contributed by atoms with Crippen LogP contribution in [0.25, 0.3) is 0 Å². The summed E-state index contributed by atoms with van der Waals surface area (Å²) < 4.78 is 5.58. The Morgan fingerprint density at radius 2 is 2.03 bits per heavy atom.